The number of hydrogen-bond acceptors (Lipinski definition) is 9. The second kappa shape index (κ2) is 14.0. The lowest BCUT2D eigenvalue weighted by molar-refractivity contribution is -0.115. The third kappa shape index (κ3) is 6.40. The third-order valence-electron chi connectivity index (χ3n) is 8.13. The number of nitrogens with zero attached hydrogens (tertiary/aromatic N) is 4. The number of rotatable bonds is 11. The number of carbonyl (C=O) groups is 2. The molecule has 1 aliphatic rings. The van der Waals surface area contributed by atoms with E-state index in [1.54, 1.807) is 27.2 Å². The first-order chi connectivity index (χ1) is 22.5. The van der Waals surface area contributed by atoms with Crippen molar-refractivity contribution in [3.63, 3.8) is 0 Å². The van der Waals surface area contributed by atoms with Crippen LogP contribution in [0.5, 0.6) is 11.6 Å². The quantitative estimate of drug-likeness (QED) is 0.123. The molecule has 6 rings (SSSR count). The monoisotopic (exact) mass is 622 g/mol. The minimum absolute atomic E-state index is 0.0797. The van der Waals surface area contributed by atoms with Crippen LogP contribution in [-0.4, -0.2) is 66.3 Å². The van der Waals surface area contributed by atoms with Crippen molar-refractivity contribution in [1.82, 2.24) is 14.5 Å². The zero-order valence-electron chi connectivity index (χ0n) is 26.3. The second-order valence-corrected chi connectivity index (χ2v) is 11.5. The number of benzene rings is 3. The molecular formula is C36H38N4O6. The lowest BCUT2D eigenvalue weighted by atomic mass is 10.1. The van der Waals surface area contributed by atoms with Crippen molar-refractivity contribution in [3.8, 4) is 11.6 Å². The van der Waals surface area contributed by atoms with E-state index in [2.05, 4.69) is 26.9 Å². The van der Waals surface area contributed by atoms with Crippen LogP contribution in [0.2, 0.25) is 0 Å². The summed E-state index contributed by atoms with van der Waals surface area (Å²) in [6.07, 6.45) is 0.791. The number of hydrogen-bond donors (Lipinski definition) is 0. The van der Waals surface area contributed by atoms with E-state index < -0.39 is 12.3 Å². The molecule has 0 bridgehead atoms. The van der Waals surface area contributed by atoms with E-state index >= 15 is 0 Å². The van der Waals surface area contributed by atoms with Crippen molar-refractivity contribution in [2.75, 3.05) is 38.2 Å². The smallest absolute Gasteiger partial charge is 0.488 e. The number of aldehydes is 1. The molecule has 1 saturated heterocycles. The van der Waals surface area contributed by atoms with Crippen LogP contribution >= 0.6 is 0 Å². The van der Waals surface area contributed by atoms with Gasteiger partial charge in [-0.05, 0) is 43.7 Å². The summed E-state index contributed by atoms with van der Waals surface area (Å²) in [6, 6.07) is 26.0. The maximum absolute atomic E-state index is 13.0. The molecule has 3 aromatic carbocycles. The number of ether oxygens (including phenoxy) is 4. The van der Waals surface area contributed by atoms with Crippen molar-refractivity contribution in [1.29, 1.82) is 0 Å². The van der Waals surface area contributed by atoms with E-state index in [1.165, 1.54) is 5.69 Å². The number of fused-ring (bicyclic) bond motifs is 3. The Morgan fingerprint density at radius 3 is 2.26 bits per heavy atom. The van der Waals surface area contributed by atoms with Gasteiger partial charge in [-0.3, -0.25) is 9.69 Å². The van der Waals surface area contributed by atoms with Crippen LogP contribution in [0, 0.1) is 0 Å². The van der Waals surface area contributed by atoms with Gasteiger partial charge in [-0.15, -0.1) is 0 Å². The van der Waals surface area contributed by atoms with E-state index in [4.69, 9.17) is 18.9 Å². The van der Waals surface area contributed by atoms with Gasteiger partial charge in [0.25, 0.3) is 0 Å². The van der Waals surface area contributed by atoms with E-state index in [0.29, 0.717) is 36.5 Å². The Labute approximate surface area is 268 Å². The van der Waals surface area contributed by atoms with Crippen molar-refractivity contribution in [3.05, 3.63) is 96.2 Å². The van der Waals surface area contributed by atoms with Crippen LogP contribution in [0.3, 0.4) is 0 Å². The predicted molar refractivity (Wildman–Crippen MR) is 176 cm³/mol. The van der Waals surface area contributed by atoms with Gasteiger partial charge in [-0.2, -0.15) is 0 Å². The zero-order valence-corrected chi connectivity index (χ0v) is 26.3. The molecule has 2 aromatic heterocycles. The molecular weight excluding hydrogens is 584 g/mol. The summed E-state index contributed by atoms with van der Waals surface area (Å²) in [7, 11) is 1.57. The van der Waals surface area contributed by atoms with Gasteiger partial charge in [0.05, 0.1) is 40.9 Å². The second-order valence-electron chi connectivity index (χ2n) is 11.5. The summed E-state index contributed by atoms with van der Waals surface area (Å²) < 4.78 is 24.9. The summed E-state index contributed by atoms with van der Waals surface area (Å²) >= 11 is 0. The van der Waals surface area contributed by atoms with Crippen molar-refractivity contribution >= 4 is 39.9 Å². The fourth-order valence-corrected chi connectivity index (χ4v) is 6.08. The molecule has 1 unspecified atom stereocenters. The molecule has 0 saturated carbocycles. The Bertz CT molecular complexity index is 1800. The normalized spacial score (nSPS) is 14.5. The highest BCUT2D eigenvalue weighted by molar-refractivity contribution is 6.13. The van der Waals surface area contributed by atoms with Crippen LogP contribution in [0.15, 0.2) is 85.1 Å². The molecule has 0 aliphatic carbocycles. The Balaban J connectivity index is 1.46. The number of methoxy groups -OCH3 is 1. The van der Waals surface area contributed by atoms with E-state index in [0.717, 1.165) is 41.2 Å². The molecule has 10 nitrogen and oxygen atoms in total. The average molecular weight is 623 g/mol. The Kier molecular flexibility index (Phi) is 9.46. The lowest BCUT2D eigenvalue weighted by Gasteiger charge is -2.39. The largest absolute Gasteiger partial charge is 0.515 e. The number of aromatic nitrogens is 2. The van der Waals surface area contributed by atoms with Gasteiger partial charge in [0.2, 0.25) is 5.88 Å². The number of pyridine rings is 1. The lowest BCUT2D eigenvalue weighted by Crippen LogP contribution is -2.49. The van der Waals surface area contributed by atoms with Gasteiger partial charge in [0.1, 0.15) is 18.5 Å². The first-order valence-corrected chi connectivity index (χ1v) is 15.5. The SMILES string of the molecule is COCc1c(OC(=O)OC(C)C)ncc2c1c1c(OCc3ccccc3)cccc1n2C(C=O)N1CCN(c2ccccc2)CC1. The first kappa shape index (κ1) is 31.1. The van der Waals surface area contributed by atoms with E-state index in [9.17, 15) is 9.59 Å². The van der Waals surface area contributed by atoms with Crippen molar-refractivity contribution in [2.24, 2.45) is 0 Å². The standard InChI is InChI=1S/C36H38N4O6/c1-25(2)45-36(42)46-35-28(24-43-3)33-30(21-37-35)40(29-15-10-16-31(34(29)33)44-23-26-11-6-4-7-12-26)32(22-41)39-19-17-38(18-20-39)27-13-8-5-9-14-27/h4-16,21-22,25,32H,17-20,23-24H2,1-3H3. The Morgan fingerprint density at radius 1 is 0.870 bits per heavy atom. The molecule has 3 heterocycles. The Hall–Kier alpha value is -4.93. The highest BCUT2D eigenvalue weighted by Crippen LogP contribution is 2.42. The molecule has 238 valence electrons. The average Bonchev–Trinajstić information content (AvgIpc) is 3.41. The summed E-state index contributed by atoms with van der Waals surface area (Å²) in [5.41, 5.74) is 4.23. The molecule has 10 heteroatoms. The molecule has 0 amide bonds. The minimum atomic E-state index is -0.856. The van der Waals surface area contributed by atoms with E-state index in [1.807, 2.05) is 71.3 Å². The first-order valence-electron chi connectivity index (χ1n) is 15.5. The molecule has 1 fully saturated rings. The van der Waals surface area contributed by atoms with Crippen molar-refractivity contribution in [2.45, 2.75) is 39.3 Å². The van der Waals surface area contributed by atoms with E-state index in [-0.39, 0.29) is 18.6 Å². The number of piperazine rings is 1. The maximum Gasteiger partial charge on any atom is 0.515 e. The highest BCUT2D eigenvalue weighted by Gasteiger charge is 2.30. The van der Waals surface area contributed by atoms with Crippen LogP contribution < -0.4 is 14.4 Å². The number of para-hydroxylation sites is 1. The maximum atomic E-state index is 13.0. The summed E-state index contributed by atoms with van der Waals surface area (Å²) in [5.74, 6) is 0.707. The Morgan fingerprint density at radius 2 is 1.59 bits per heavy atom. The summed E-state index contributed by atoms with van der Waals surface area (Å²) in [5, 5.41) is 1.51. The molecule has 1 atom stereocenters. The predicted octanol–water partition coefficient (Wildman–Crippen LogP) is 6.36. The molecule has 0 N–H and O–H groups in total. The van der Waals surface area contributed by atoms with Crippen LogP contribution in [0.4, 0.5) is 10.5 Å². The fraction of sp³-hybridized carbons (Fsp3) is 0.306. The highest BCUT2D eigenvalue weighted by atomic mass is 16.7. The molecule has 1 aliphatic heterocycles. The van der Waals surface area contributed by atoms with Crippen LogP contribution in [0.1, 0.15) is 31.1 Å². The number of anilines is 1. The van der Waals surface area contributed by atoms with Gasteiger partial charge < -0.3 is 28.4 Å². The van der Waals surface area contributed by atoms with Gasteiger partial charge >= 0.3 is 6.16 Å². The molecule has 5 aromatic rings. The summed E-state index contributed by atoms with van der Waals surface area (Å²) in [4.78, 5) is 34.7. The topological polar surface area (TPSA) is 95.4 Å². The van der Waals surface area contributed by atoms with Gasteiger partial charge in [-0.25, -0.2) is 9.78 Å². The molecule has 0 spiro atoms. The molecule has 0 radical (unpaired) electrons. The minimum Gasteiger partial charge on any atom is -0.488 e. The fourth-order valence-electron chi connectivity index (χ4n) is 6.08. The van der Waals surface area contributed by atoms with Gasteiger partial charge in [-0.1, -0.05) is 54.6 Å². The van der Waals surface area contributed by atoms with Gasteiger partial charge in [0, 0.05) is 44.4 Å². The summed E-state index contributed by atoms with van der Waals surface area (Å²) in [6.45, 7) is 6.87. The number of carbonyl (C=O) groups excluding carboxylic acids is 2. The van der Waals surface area contributed by atoms with Crippen molar-refractivity contribution < 1.29 is 28.5 Å². The van der Waals surface area contributed by atoms with Gasteiger partial charge in [0.15, 0.2) is 6.29 Å². The molecule has 46 heavy (non-hydrogen) atoms. The van der Waals surface area contributed by atoms with Crippen LogP contribution in [-0.2, 0) is 27.5 Å². The van der Waals surface area contributed by atoms with Crippen LogP contribution in [0.25, 0.3) is 21.8 Å². The third-order valence-corrected chi connectivity index (χ3v) is 8.13. The zero-order chi connectivity index (χ0) is 32.0.